The summed E-state index contributed by atoms with van der Waals surface area (Å²) in [4.78, 5) is 18.3. The molecule has 2 aromatic heterocycles. The Hall–Kier alpha value is -4.39. The number of rotatable bonds is 5. The van der Waals surface area contributed by atoms with Crippen LogP contribution in [0.5, 0.6) is 11.5 Å². The molecule has 0 radical (unpaired) electrons. The molecule has 3 heterocycles. The molecule has 0 saturated carbocycles. The molecule has 0 spiro atoms. The number of hydrogen-bond donors (Lipinski definition) is 1. The van der Waals surface area contributed by atoms with E-state index in [1.165, 1.54) is 0 Å². The summed E-state index contributed by atoms with van der Waals surface area (Å²) in [7, 11) is 3.25. The Balaban J connectivity index is 1.48. The van der Waals surface area contributed by atoms with Gasteiger partial charge >= 0.3 is 0 Å². The third kappa shape index (κ3) is 3.87. The normalized spacial score (nSPS) is 18.6. The SMILES string of the molecule is COc1ccc([C@@H]2CC(=O)C3=C(C2)Nc2c(c(C)nn2-c2ccccc2)[C@H]3c2cccnc2)cc1OC. The van der Waals surface area contributed by atoms with Crippen molar-refractivity contribution in [3.05, 3.63) is 107 Å². The Morgan fingerprint density at radius 2 is 1.76 bits per heavy atom. The van der Waals surface area contributed by atoms with Crippen molar-refractivity contribution < 1.29 is 14.3 Å². The van der Waals surface area contributed by atoms with Crippen molar-refractivity contribution in [3.8, 4) is 17.2 Å². The zero-order valence-electron chi connectivity index (χ0n) is 21.1. The monoisotopic (exact) mass is 492 g/mol. The second kappa shape index (κ2) is 9.24. The number of methoxy groups -OCH3 is 2. The van der Waals surface area contributed by atoms with Crippen LogP contribution in [-0.2, 0) is 4.79 Å². The minimum atomic E-state index is -0.226. The van der Waals surface area contributed by atoms with E-state index in [2.05, 4.69) is 10.3 Å². The van der Waals surface area contributed by atoms with Gasteiger partial charge in [0, 0.05) is 41.6 Å². The molecular formula is C30H28N4O3. The fraction of sp³-hybridized carbons (Fsp3) is 0.233. The van der Waals surface area contributed by atoms with Gasteiger partial charge in [0.1, 0.15) is 5.82 Å². The van der Waals surface area contributed by atoms with Gasteiger partial charge < -0.3 is 14.8 Å². The molecule has 4 aromatic rings. The second-order valence-electron chi connectivity index (χ2n) is 9.47. The number of benzene rings is 2. The van der Waals surface area contributed by atoms with Crippen LogP contribution in [0, 0.1) is 6.92 Å². The molecule has 1 aliphatic heterocycles. The van der Waals surface area contributed by atoms with Gasteiger partial charge in [0.25, 0.3) is 0 Å². The number of fused-ring (bicyclic) bond motifs is 1. The number of ketones is 1. The van der Waals surface area contributed by atoms with Crippen LogP contribution < -0.4 is 14.8 Å². The van der Waals surface area contributed by atoms with E-state index >= 15 is 0 Å². The largest absolute Gasteiger partial charge is 0.493 e. The van der Waals surface area contributed by atoms with E-state index in [0.717, 1.165) is 45.2 Å². The lowest BCUT2D eigenvalue weighted by atomic mass is 9.72. The molecular weight excluding hydrogens is 464 g/mol. The van der Waals surface area contributed by atoms with Gasteiger partial charge in [-0.3, -0.25) is 9.78 Å². The van der Waals surface area contributed by atoms with Crippen LogP contribution in [-0.4, -0.2) is 34.8 Å². The number of hydrogen-bond acceptors (Lipinski definition) is 6. The summed E-state index contributed by atoms with van der Waals surface area (Å²) in [5.41, 5.74) is 6.67. The number of ether oxygens (including phenoxy) is 2. The molecule has 2 aromatic carbocycles. The molecule has 7 heteroatoms. The van der Waals surface area contributed by atoms with Crippen molar-refractivity contribution in [2.75, 3.05) is 19.5 Å². The van der Waals surface area contributed by atoms with Crippen LogP contribution >= 0.6 is 0 Å². The summed E-state index contributed by atoms with van der Waals surface area (Å²) in [5.74, 6) is 2.17. The van der Waals surface area contributed by atoms with Crippen molar-refractivity contribution in [2.45, 2.75) is 31.6 Å². The van der Waals surface area contributed by atoms with E-state index < -0.39 is 0 Å². The standard InChI is InChI=1S/C30H28N4O3/c1-18-27-28(20-8-7-13-31-17-20)29-23(32-30(27)34(33-18)22-9-5-4-6-10-22)14-21(15-24(29)35)19-11-12-25(36-2)26(16-19)37-3/h4-13,16-17,21,28,32H,14-15H2,1-3H3/t21-,28+/m0/s1. The second-order valence-corrected chi connectivity index (χ2v) is 9.47. The molecule has 0 unspecified atom stereocenters. The molecule has 2 atom stereocenters. The Morgan fingerprint density at radius 1 is 0.946 bits per heavy atom. The molecule has 0 saturated heterocycles. The van der Waals surface area contributed by atoms with Gasteiger partial charge in [-0.25, -0.2) is 4.68 Å². The van der Waals surface area contributed by atoms with Crippen molar-refractivity contribution in [1.82, 2.24) is 14.8 Å². The van der Waals surface area contributed by atoms with E-state index in [9.17, 15) is 4.79 Å². The van der Waals surface area contributed by atoms with E-state index in [1.54, 1.807) is 20.4 Å². The number of nitrogens with zero attached hydrogens (tertiary/aromatic N) is 3. The van der Waals surface area contributed by atoms with E-state index in [4.69, 9.17) is 14.6 Å². The Morgan fingerprint density at radius 3 is 2.49 bits per heavy atom. The molecule has 186 valence electrons. The maximum absolute atomic E-state index is 13.9. The Bertz CT molecular complexity index is 1510. The maximum atomic E-state index is 13.9. The van der Waals surface area contributed by atoms with Crippen LogP contribution in [0.1, 0.15) is 47.1 Å². The van der Waals surface area contributed by atoms with Gasteiger partial charge in [0.15, 0.2) is 17.3 Å². The molecule has 0 fully saturated rings. The summed E-state index contributed by atoms with van der Waals surface area (Å²) >= 11 is 0. The lowest BCUT2D eigenvalue weighted by Gasteiger charge is -2.35. The number of allylic oxidation sites excluding steroid dienone is 2. The Labute approximate surface area is 215 Å². The summed E-state index contributed by atoms with van der Waals surface area (Å²) in [6.45, 7) is 2.01. The van der Waals surface area contributed by atoms with E-state index in [0.29, 0.717) is 24.3 Å². The van der Waals surface area contributed by atoms with Crippen molar-refractivity contribution in [3.63, 3.8) is 0 Å². The quantitative estimate of drug-likeness (QED) is 0.394. The first-order valence-corrected chi connectivity index (χ1v) is 12.4. The number of nitrogens with one attached hydrogen (secondary N) is 1. The highest BCUT2D eigenvalue weighted by Crippen LogP contribution is 2.49. The van der Waals surface area contributed by atoms with Crippen LogP contribution in [0.25, 0.3) is 5.69 Å². The van der Waals surface area contributed by atoms with E-state index in [1.807, 2.05) is 78.5 Å². The zero-order chi connectivity index (χ0) is 25.5. The number of carbonyl (C=O) groups excluding carboxylic acids is 1. The highest BCUT2D eigenvalue weighted by Gasteiger charge is 2.41. The Kier molecular flexibility index (Phi) is 5.75. The van der Waals surface area contributed by atoms with Gasteiger partial charge in [-0.2, -0.15) is 5.10 Å². The smallest absolute Gasteiger partial charge is 0.162 e. The van der Waals surface area contributed by atoms with Crippen molar-refractivity contribution in [1.29, 1.82) is 0 Å². The number of Topliss-reactive ketones (excluding diaryl/α,β-unsaturated/α-hetero) is 1. The fourth-order valence-corrected chi connectivity index (χ4v) is 5.66. The van der Waals surface area contributed by atoms with Crippen LogP contribution in [0.4, 0.5) is 5.82 Å². The van der Waals surface area contributed by atoms with Crippen LogP contribution in [0.2, 0.25) is 0 Å². The van der Waals surface area contributed by atoms with Gasteiger partial charge in [-0.1, -0.05) is 30.3 Å². The molecule has 37 heavy (non-hydrogen) atoms. The molecule has 2 aliphatic rings. The zero-order valence-corrected chi connectivity index (χ0v) is 21.1. The fourth-order valence-electron chi connectivity index (χ4n) is 5.66. The first-order chi connectivity index (χ1) is 18.1. The summed E-state index contributed by atoms with van der Waals surface area (Å²) in [5, 5.41) is 8.56. The third-order valence-corrected chi connectivity index (χ3v) is 7.36. The van der Waals surface area contributed by atoms with Crippen LogP contribution in [0.3, 0.4) is 0 Å². The average Bonchev–Trinajstić information content (AvgIpc) is 3.28. The first kappa shape index (κ1) is 23.0. The van der Waals surface area contributed by atoms with Gasteiger partial charge in [-0.15, -0.1) is 0 Å². The number of para-hydroxylation sites is 1. The minimum absolute atomic E-state index is 0.0175. The third-order valence-electron chi connectivity index (χ3n) is 7.36. The topological polar surface area (TPSA) is 78.3 Å². The lowest BCUT2D eigenvalue weighted by molar-refractivity contribution is -0.116. The van der Waals surface area contributed by atoms with Gasteiger partial charge in [0.2, 0.25) is 0 Å². The first-order valence-electron chi connectivity index (χ1n) is 12.4. The van der Waals surface area contributed by atoms with E-state index in [-0.39, 0.29) is 17.6 Å². The average molecular weight is 493 g/mol. The predicted molar refractivity (Wildman–Crippen MR) is 142 cm³/mol. The van der Waals surface area contributed by atoms with Gasteiger partial charge in [0.05, 0.1) is 25.6 Å². The van der Waals surface area contributed by atoms with Gasteiger partial charge in [-0.05, 0) is 60.7 Å². The number of aryl methyl sites for hydroxylation is 1. The van der Waals surface area contributed by atoms with Crippen molar-refractivity contribution >= 4 is 11.6 Å². The van der Waals surface area contributed by atoms with Crippen LogP contribution in [0.15, 0.2) is 84.3 Å². The van der Waals surface area contributed by atoms with Crippen molar-refractivity contribution in [2.24, 2.45) is 0 Å². The number of aromatic nitrogens is 3. The highest BCUT2D eigenvalue weighted by atomic mass is 16.5. The summed E-state index contributed by atoms with van der Waals surface area (Å²) < 4.78 is 12.9. The maximum Gasteiger partial charge on any atom is 0.162 e. The number of pyridine rings is 1. The molecule has 0 amide bonds. The highest BCUT2D eigenvalue weighted by molar-refractivity contribution is 6.01. The molecule has 7 nitrogen and oxygen atoms in total. The molecule has 1 N–H and O–H groups in total. The molecule has 0 bridgehead atoms. The molecule has 1 aliphatic carbocycles. The summed E-state index contributed by atoms with van der Waals surface area (Å²) in [6, 6.07) is 19.9. The molecule has 6 rings (SSSR count). The number of anilines is 1. The number of carbonyl (C=O) groups is 1. The predicted octanol–water partition coefficient (Wildman–Crippen LogP) is 5.55. The minimum Gasteiger partial charge on any atom is -0.493 e. The summed E-state index contributed by atoms with van der Waals surface area (Å²) in [6.07, 6.45) is 4.74. The lowest BCUT2D eigenvalue weighted by Crippen LogP contribution is -2.30.